The van der Waals surface area contributed by atoms with Gasteiger partial charge in [0.15, 0.2) is 11.6 Å². The first kappa shape index (κ1) is 12.8. The molecule has 0 saturated carbocycles. The number of allylic oxidation sites excluding steroid dienone is 2. The van der Waals surface area contributed by atoms with E-state index < -0.39 is 28.5 Å². The van der Waals surface area contributed by atoms with Crippen LogP contribution in [0.5, 0.6) is 0 Å². The number of hydrogen-bond acceptors (Lipinski definition) is 2. The molecule has 2 nitrogen and oxygen atoms in total. The molecule has 1 heterocycles. The Morgan fingerprint density at radius 3 is 2.56 bits per heavy atom. The third-order valence-electron chi connectivity index (χ3n) is 2.61. The van der Waals surface area contributed by atoms with Gasteiger partial charge in [0.1, 0.15) is 0 Å². The van der Waals surface area contributed by atoms with Gasteiger partial charge in [-0.05, 0) is 22.9 Å². The zero-order chi connectivity index (χ0) is 13.1. The summed E-state index contributed by atoms with van der Waals surface area (Å²) in [5.74, 6) is -2.25. The van der Waals surface area contributed by atoms with Gasteiger partial charge in [-0.25, -0.2) is 24.5 Å². The molecule has 1 aromatic rings. The first-order valence-electron chi connectivity index (χ1n) is 5.29. The second-order valence-electron chi connectivity index (χ2n) is 3.73. The molecular formula is C13H12F2O2S. The highest BCUT2D eigenvalue weighted by atomic mass is 32.2. The Morgan fingerprint density at radius 1 is 1.28 bits per heavy atom. The lowest BCUT2D eigenvalue weighted by Gasteiger charge is -2.14. The molecule has 0 saturated heterocycles. The molecule has 0 atom stereocenters. The molecule has 2 rings (SSSR count). The minimum atomic E-state index is -0.964. The number of carbonyl (C=O) groups excluding carboxylic acids is 1. The van der Waals surface area contributed by atoms with Crippen molar-refractivity contribution >= 4 is 16.9 Å². The smallest absolute Gasteiger partial charge is 0.338 e. The summed E-state index contributed by atoms with van der Waals surface area (Å²) < 4.78 is 31.6. The molecule has 1 aromatic carbocycles. The van der Waals surface area contributed by atoms with Crippen molar-refractivity contribution in [2.75, 3.05) is 7.11 Å². The maximum atomic E-state index is 13.8. The lowest BCUT2D eigenvalue weighted by molar-refractivity contribution is 0.0599. The highest BCUT2D eigenvalue weighted by molar-refractivity contribution is 8.21. The fourth-order valence-electron chi connectivity index (χ4n) is 1.71. The molecule has 0 unspecified atom stereocenters. The summed E-state index contributed by atoms with van der Waals surface area (Å²) in [4.78, 5) is 11.5. The summed E-state index contributed by atoms with van der Waals surface area (Å²) in [6.45, 7) is 0. The topological polar surface area (TPSA) is 26.3 Å². The average Bonchev–Trinajstić information content (AvgIpc) is 2.87. The van der Waals surface area contributed by atoms with Gasteiger partial charge in [-0.15, -0.1) is 0 Å². The number of ether oxygens (including phenoxy) is 1. The van der Waals surface area contributed by atoms with Crippen LogP contribution < -0.4 is 0 Å². The van der Waals surface area contributed by atoms with Crippen LogP contribution in [0.1, 0.15) is 15.9 Å². The maximum absolute atomic E-state index is 13.8. The summed E-state index contributed by atoms with van der Waals surface area (Å²) in [6.07, 6.45) is 3.72. The van der Waals surface area contributed by atoms with E-state index in [0.29, 0.717) is 5.75 Å². The molecule has 0 radical (unpaired) electrons. The van der Waals surface area contributed by atoms with Gasteiger partial charge in [0.2, 0.25) is 0 Å². The van der Waals surface area contributed by atoms with Crippen molar-refractivity contribution in [2.24, 2.45) is 0 Å². The Bertz CT molecular complexity index is 526. The molecular weight excluding hydrogens is 258 g/mol. The molecule has 5 heteroatoms. The predicted octanol–water partition coefficient (Wildman–Crippen LogP) is 3.29. The van der Waals surface area contributed by atoms with E-state index in [9.17, 15) is 13.6 Å². The van der Waals surface area contributed by atoms with Gasteiger partial charge in [0.05, 0.1) is 12.7 Å². The van der Waals surface area contributed by atoms with E-state index in [2.05, 4.69) is 4.74 Å². The second-order valence-corrected chi connectivity index (χ2v) is 5.68. The van der Waals surface area contributed by atoms with Gasteiger partial charge >= 0.3 is 5.97 Å². The first-order valence-corrected chi connectivity index (χ1v) is 6.96. The van der Waals surface area contributed by atoms with Gasteiger partial charge in [0.25, 0.3) is 0 Å². The number of benzene rings is 1. The SMILES string of the molecule is COC(=O)c1ccc(F)c(F)c1C[SH]1C=CC=C1. The van der Waals surface area contributed by atoms with Crippen LogP contribution >= 0.6 is 10.9 Å². The number of esters is 1. The third kappa shape index (κ3) is 2.46. The van der Waals surface area contributed by atoms with Crippen LogP contribution in [0.3, 0.4) is 0 Å². The average molecular weight is 270 g/mol. The van der Waals surface area contributed by atoms with Crippen LogP contribution in [0.4, 0.5) is 8.78 Å². The molecule has 0 N–H and O–H groups in total. The van der Waals surface area contributed by atoms with E-state index in [-0.39, 0.29) is 11.1 Å². The monoisotopic (exact) mass is 270 g/mol. The van der Waals surface area contributed by atoms with Crippen molar-refractivity contribution < 1.29 is 18.3 Å². The van der Waals surface area contributed by atoms with Crippen molar-refractivity contribution in [3.05, 3.63) is 57.9 Å². The number of thiol groups is 1. The van der Waals surface area contributed by atoms with E-state index in [4.69, 9.17) is 0 Å². The minimum absolute atomic E-state index is 0.0872. The number of methoxy groups -OCH3 is 1. The molecule has 0 aliphatic carbocycles. The third-order valence-corrected chi connectivity index (χ3v) is 4.40. The second kappa shape index (κ2) is 5.35. The van der Waals surface area contributed by atoms with Gasteiger partial charge in [-0.2, -0.15) is 0 Å². The molecule has 18 heavy (non-hydrogen) atoms. The van der Waals surface area contributed by atoms with Crippen molar-refractivity contribution in [1.82, 2.24) is 0 Å². The molecule has 1 aliphatic rings. The number of rotatable bonds is 3. The number of carbonyl (C=O) groups is 1. The van der Waals surface area contributed by atoms with Gasteiger partial charge < -0.3 is 4.74 Å². The fourth-order valence-corrected chi connectivity index (χ4v) is 3.33. The lowest BCUT2D eigenvalue weighted by Crippen LogP contribution is -2.09. The predicted molar refractivity (Wildman–Crippen MR) is 68.7 cm³/mol. The van der Waals surface area contributed by atoms with E-state index in [1.807, 2.05) is 23.0 Å². The van der Waals surface area contributed by atoms with Crippen LogP contribution in [-0.4, -0.2) is 13.1 Å². The number of hydrogen-bond donors (Lipinski definition) is 1. The Kier molecular flexibility index (Phi) is 3.81. The van der Waals surface area contributed by atoms with Crippen LogP contribution in [0.2, 0.25) is 0 Å². The van der Waals surface area contributed by atoms with Gasteiger partial charge in [-0.3, -0.25) is 0 Å². The molecule has 0 bridgehead atoms. The Labute approximate surface area is 106 Å². The summed E-state index contributed by atoms with van der Waals surface area (Å²) in [6, 6.07) is 2.21. The maximum Gasteiger partial charge on any atom is 0.338 e. The molecule has 0 amide bonds. The van der Waals surface area contributed by atoms with Gasteiger partial charge in [0, 0.05) is 11.3 Å². The highest BCUT2D eigenvalue weighted by Crippen LogP contribution is 2.38. The lowest BCUT2D eigenvalue weighted by atomic mass is 10.1. The summed E-state index contributed by atoms with van der Waals surface area (Å²) in [7, 11) is 0.545. The van der Waals surface area contributed by atoms with Crippen LogP contribution in [0, 0.1) is 11.6 Å². The van der Waals surface area contributed by atoms with E-state index >= 15 is 0 Å². The Morgan fingerprint density at radius 2 is 1.94 bits per heavy atom. The molecule has 0 aromatic heterocycles. The zero-order valence-electron chi connectivity index (χ0n) is 9.69. The van der Waals surface area contributed by atoms with E-state index in [1.165, 1.54) is 13.2 Å². The zero-order valence-corrected chi connectivity index (χ0v) is 10.6. The summed E-state index contributed by atoms with van der Waals surface area (Å²) >= 11 is 0. The Balaban J connectivity index is 2.41. The summed E-state index contributed by atoms with van der Waals surface area (Å²) in [5.41, 5.74) is 0.178. The molecule has 0 fully saturated rings. The Hall–Kier alpha value is -1.62. The quantitative estimate of drug-likeness (QED) is 0.674. The van der Waals surface area contributed by atoms with E-state index in [0.717, 1.165) is 6.07 Å². The minimum Gasteiger partial charge on any atom is -0.465 e. The first-order chi connectivity index (χ1) is 8.63. The van der Waals surface area contributed by atoms with E-state index in [1.54, 1.807) is 0 Å². The van der Waals surface area contributed by atoms with Crippen LogP contribution in [0.15, 0.2) is 35.1 Å². The van der Waals surface area contributed by atoms with Gasteiger partial charge in [-0.1, -0.05) is 12.2 Å². The largest absolute Gasteiger partial charge is 0.465 e. The molecule has 96 valence electrons. The molecule has 1 aliphatic heterocycles. The molecule has 0 spiro atoms. The van der Waals surface area contributed by atoms with Crippen LogP contribution in [-0.2, 0) is 10.5 Å². The fraction of sp³-hybridized carbons (Fsp3) is 0.154. The van der Waals surface area contributed by atoms with Crippen molar-refractivity contribution in [3.63, 3.8) is 0 Å². The number of halogens is 2. The van der Waals surface area contributed by atoms with Crippen molar-refractivity contribution in [3.8, 4) is 0 Å². The van der Waals surface area contributed by atoms with Crippen molar-refractivity contribution in [1.29, 1.82) is 0 Å². The van der Waals surface area contributed by atoms with Crippen LogP contribution in [0.25, 0.3) is 0 Å². The normalized spacial score (nSPS) is 15.2. The van der Waals surface area contributed by atoms with Crippen molar-refractivity contribution in [2.45, 2.75) is 5.75 Å². The summed E-state index contributed by atoms with van der Waals surface area (Å²) in [5, 5.41) is 3.86. The highest BCUT2D eigenvalue weighted by Gasteiger charge is 2.20. The standard InChI is InChI=1S/C13H12F2O2S/c1-17-13(16)9-4-5-11(14)12(15)10(9)8-18-6-2-3-7-18/h2-7,18H,8H2,1H3.